The van der Waals surface area contributed by atoms with Crippen molar-refractivity contribution in [2.24, 2.45) is 0 Å². The van der Waals surface area contributed by atoms with Crippen LogP contribution in [0.15, 0.2) is 18.2 Å². The summed E-state index contributed by atoms with van der Waals surface area (Å²) in [6.07, 6.45) is 4.18. The van der Waals surface area contributed by atoms with Gasteiger partial charge in [0.1, 0.15) is 17.1 Å². The van der Waals surface area contributed by atoms with E-state index in [0.29, 0.717) is 17.7 Å². The van der Waals surface area contributed by atoms with Crippen LogP contribution in [0.5, 0.6) is 11.5 Å². The SMILES string of the molecule is CC1(C)C=Cc2cc(CCC(=O)O)c(O)cc2O1. The van der Waals surface area contributed by atoms with Crippen LogP contribution in [-0.4, -0.2) is 21.8 Å². The monoisotopic (exact) mass is 248 g/mol. The first-order chi connectivity index (χ1) is 8.37. The van der Waals surface area contributed by atoms with E-state index in [1.54, 1.807) is 12.1 Å². The zero-order valence-corrected chi connectivity index (χ0v) is 10.4. The first kappa shape index (κ1) is 12.5. The molecule has 4 heteroatoms. The summed E-state index contributed by atoms with van der Waals surface area (Å²) >= 11 is 0. The van der Waals surface area contributed by atoms with Crippen molar-refractivity contribution in [1.82, 2.24) is 0 Å². The summed E-state index contributed by atoms with van der Waals surface area (Å²) in [4.78, 5) is 10.5. The van der Waals surface area contributed by atoms with Gasteiger partial charge in [-0.1, -0.05) is 6.08 Å². The van der Waals surface area contributed by atoms with Gasteiger partial charge in [0.15, 0.2) is 0 Å². The van der Waals surface area contributed by atoms with Gasteiger partial charge in [0, 0.05) is 18.1 Å². The van der Waals surface area contributed by atoms with Gasteiger partial charge in [0.05, 0.1) is 0 Å². The van der Waals surface area contributed by atoms with Gasteiger partial charge in [-0.15, -0.1) is 0 Å². The summed E-state index contributed by atoms with van der Waals surface area (Å²) in [6, 6.07) is 3.33. The molecule has 0 spiro atoms. The number of hydrogen-bond acceptors (Lipinski definition) is 3. The quantitative estimate of drug-likeness (QED) is 0.862. The van der Waals surface area contributed by atoms with Gasteiger partial charge >= 0.3 is 5.97 Å². The number of carbonyl (C=O) groups is 1. The molecule has 0 amide bonds. The van der Waals surface area contributed by atoms with E-state index in [1.165, 1.54) is 0 Å². The van der Waals surface area contributed by atoms with Gasteiger partial charge in [-0.25, -0.2) is 0 Å². The number of hydrogen-bond donors (Lipinski definition) is 2. The topological polar surface area (TPSA) is 66.8 Å². The number of rotatable bonds is 3. The molecule has 1 aliphatic heterocycles. The van der Waals surface area contributed by atoms with Crippen LogP contribution in [0.3, 0.4) is 0 Å². The van der Waals surface area contributed by atoms with Crippen molar-refractivity contribution in [2.75, 3.05) is 0 Å². The molecule has 1 heterocycles. The first-order valence-corrected chi connectivity index (χ1v) is 5.83. The second-order valence-electron chi connectivity index (χ2n) is 4.95. The highest BCUT2D eigenvalue weighted by molar-refractivity contribution is 5.68. The number of benzene rings is 1. The molecule has 0 bridgehead atoms. The molecule has 2 rings (SSSR count). The highest BCUT2D eigenvalue weighted by Crippen LogP contribution is 2.35. The lowest BCUT2D eigenvalue weighted by Gasteiger charge is -2.28. The van der Waals surface area contributed by atoms with Gasteiger partial charge in [-0.05, 0) is 38.0 Å². The number of carboxylic acid groups (broad SMARTS) is 1. The minimum Gasteiger partial charge on any atom is -0.508 e. The lowest BCUT2D eigenvalue weighted by atomic mass is 9.98. The summed E-state index contributed by atoms with van der Waals surface area (Å²) in [6.45, 7) is 3.86. The smallest absolute Gasteiger partial charge is 0.303 e. The largest absolute Gasteiger partial charge is 0.508 e. The fourth-order valence-corrected chi connectivity index (χ4v) is 1.90. The Morgan fingerprint density at radius 1 is 1.39 bits per heavy atom. The average Bonchev–Trinajstić information content (AvgIpc) is 2.25. The van der Waals surface area contributed by atoms with Crippen molar-refractivity contribution in [3.8, 4) is 11.5 Å². The van der Waals surface area contributed by atoms with E-state index < -0.39 is 5.97 Å². The van der Waals surface area contributed by atoms with Gasteiger partial charge in [-0.3, -0.25) is 4.79 Å². The Morgan fingerprint density at radius 3 is 2.78 bits per heavy atom. The number of ether oxygens (including phenoxy) is 1. The predicted octanol–water partition coefficient (Wildman–Crippen LogP) is 2.59. The number of carboxylic acids is 1. The summed E-state index contributed by atoms with van der Waals surface area (Å²) < 4.78 is 5.72. The molecule has 1 aromatic carbocycles. The number of aryl methyl sites for hydroxylation is 1. The molecule has 0 atom stereocenters. The molecule has 1 aromatic rings. The third-order valence-electron chi connectivity index (χ3n) is 2.86. The fourth-order valence-electron chi connectivity index (χ4n) is 1.90. The van der Waals surface area contributed by atoms with E-state index in [2.05, 4.69) is 0 Å². The zero-order chi connectivity index (χ0) is 13.3. The van der Waals surface area contributed by atoms with E-state index >= 15 is 0 Å². The molecular weight excluding hydrogens is 232 g/mol. The normalized spacial score (nSPS) is 15.9. The predicted molar refractivity (Wildman–Crippen MR) is 67.8 cm³/mol. The van der Waals surface area contributed by atoms with E-state index in [-0.39, 0.29) is 17.8 Å². The van der Waals surface area contributed by atoms with Crippen LogP contribution < -0.4 is 4.74 Å². The van der Waals surface area contributed by atoms with Gasteiger partial charge in [-0.2, -0.15) is 0 Å². The molecule has 0 saturated heterocycles. The van der Waals surface area contributed by atoms with Crippen molar-refractivity contribution in [2.45, 2.75) is 32.3 Å². The maximum atomic E-state index is 10.5. The van der Waals surface area contributed by atoms with Crippen LogP contribution in [0.2, 0.25) is 0 Å². The van der Waals surface area contributed by atoms with Crippen molar-refractivity contribution in [3.63, 3.8) is 0 Å². The van der Waals surface area contributed by atoms with Gasteiger partial charge in [0.25, 0.3) is 0 Å². The standard InChI is InChI=1S/C14H16O4/c1-14(2)6-5-10-7-9(3-4-13(16)17)11(15)8-12(10)18-14/h5-8,15H,3-4H2,1-2H3,(H,16,17). The number of aliphatic carboxylic acids is 1. The van der Waals surface area contributed by atoms with Crippen molar-refractivity contribution in [1.29, 1.82) is 0 Å². The van der Waals surface area contributed by atoms with E-state index in [0.717, 1.165) is 5.56 Å². The molecule has 0 aliphatic carbocycles. The first-order valence-electron chi connectivity index (χ1n) is 5.83. The second-order valence-corrected chi connectivity index (χ2v) is 4.95. The molecule has 18 heavy (non-hydrogen) atoms. The van der Waals surface area contributed by atoms with E-state index in [4.69, 9.17) is 9.84 Å². The fraction of sp³-hybridized carbons (Fsp3) is 0.357. The van der Waals surface area contributed by atoms with Crippen LogP contribution in [0, 0.1) is 0 Å². The number of phenolic OH excluding ortho intramolecular Hbond substituents is 1. The average molecular weight is 248 g/mol. The van der Waals surface area contributed by atoms with Crippen LogP contribution in [-0.2, 0) is 11.2 Å². The molecule has 96 valence electrons. The van der Waals surface area contributed by atoms with Crippen molar-refractivity contribution >= 4 is 12.0 Å². The summed E-state index contributed by atoms with van der Waals surface area (Å²) in [5.74, 6) is -0.166. The van der Waals surface area contributed by atoms with Crippen LogP contribution in [0.25, 0.3) is 6.08 Å². The Hall–Kier alpha value is -1.97. The van der Waals surface area contributed by atoms with Gasteiger partial charge < -0.3 is 14.9 Å². The Bertz CT molecular complexity index is 515. The maximum Gasteiger partial charge on any atom is 0.303 e. The molecular formula is C14H16O4. The third-order valence-corrected chi connectivity index (χ3v) is 2.86. The summed E-state index contributed by atoms with van der Waals surface area (Å²) in [5, 5.41) is 18.5. The third kappa shape index (κ3) is 2.64. The molecule has 1 aliphatic rings. The maximum absolute atomic E-state index is 10.5. The van der Waals surface area contributed by atoms with Crippen molar-refractivity contribution < 1.29 is 19.7 Å². The Labute approximate surface area is 106 Å². The minimum absolute atomic E-state index is 0.00239. The number of fused-ring (bicyclic) bond motifs is 1. The van der Waals surface area contributed by atoms with Crippen LogP contribution >= 0.6 is 0 Å². The lowest BCUT2D eigenvalue weighted by Crippen LogP contribution is -2.27. The molecule has 0 radical (unpaired) electrons. The van der Waals surface area contributed by atoms with E-state index in [1.807, 2.05) is 26.0 Å². The second kappa shape index (κ2) is 4.37. The highest BCUT2D eigenvalue weighted by Gasteiger charge is 2.22. The Balaban J connectivity index is 2.29. The molecule has 2 N–H and O–H groups in total. The molecule has 4 nitrogen and oxygen atoms in total. The van der Waals surface area contributed by atoms with Crippen molar-refractivity contribution in [3.05, 3.63) is 29.3 Å². The zero-order valence-electron chi connectivity index (χ0n) is 10.4. The summed E-state index contributed by atoms with van der Waals surface area (Å²) in [5.41, 5.74) is 1.11. The number of phenols is 1. The van der Waals surface area contributed by atoms with Crippen LogP contribution in [0.4, 0.5) is 0 Å². The molecule has 0 unspecified atom stereocenters. The van der Waals surface area contributed by atoms with Gasteiger partial charge in [0.2, 0.25) is 0 Å². The minimum atomic E-state index is -0.875. The summed E-state index contributed by atoms with van der Waals surface area (Å²) in [7, 11) is 0. The highest BCUT2D eigenvalue weighted by atomic mass is 16.5. The molecule has 0 fully saturated rings. The molecule has 0 aromatic heterocycles. The van der Waals surface area contributed by atoms with Crippen LogP contribution in [0.1, 0.15) is 31.4 Å². The lowest BCUT2D eigenvalue weighted by molar-refractivity contribution is -0.136. The molecule has 0 saturated carbocycles. The Kier molecular flexibility index (Phi) is 3.03. The van der Waals surface area contributed by atoms with E-state index in [9.17, 15) is 9.90 Å². The number of aromatic hydroxyl groups is 1. The Morgan fingerprint density at radius 2 is 2.11 bits per heavy atom.